The molecule has 3 amide bonds. The number of hydrogen-bond donors (Lipinski definition) is 3. The second-order valence-electron chi connectivity index (χ2n) is 5.72. The lowest BCUT2D eigenvalue weighted by Gasteiger charge is -2.26. The van der Waals surface area contributed by atoms with Crippen LogP contribution in [0.3, 0.4) is 0 Å². The highest BCUT2D eigenvalue weighted by molar-refractivity contribution is 6.03. The SMILES string of the molecule is Cc1ccc(NC(=O)CC(=O)NC2CC=CCC2C(N)=O)cc1. The predicted molar refractivity (Wildman–Crippen MR) is 87.4 cm³/mol. The summed E-state index contributed by atoms with van der Waals surface area (Å²) in [5.74, 6) is -1.68. The molecule has 1 aliphatic rings. The number of allylic oxidation sites excluding steroid dienone is 1. The standard InChI is InChI=1S/C17H21N3O3/c1-11-6-8-12(9-7-11)19-15(21)10-16(22)20-14-5-3-2-4-13(14)17(18)23/h2-3,6-9,13-14H,4-5,10H2,1H3,(H2,18,23)(H,19,21)(H,20,22). The first kappa shape index (κ1) is 16.7. The summed E-state index contributed by atoms with van der Waals surface area (Å²) in [5.41, 5.74) is 7.07. The van der Waals surface area contributed by atoms with E-state index in [1.165, 1.54) is 0 Å². The summed E-state index contributed by atoms with van der Waals surface area (Å²) >= 11 is 0. The van der Waals surface area contributed by atoms with Crippen LogP contribution in [0.25, 0.3) is 0 Å². The number of aryl methyl sites for hydroxylation is 1. The van der Waals surface area contributed by atoms with Crippen molar-refractivity contribution in [3.63, 3.8) is 0 Å². The zero-order chi connectivity index (χ0) is 16.8. The number of benzene rings is 1. The van der Waals surface area contributed by atoms with Gasteiger partial charge in [-0.05, 0) is 31.9 Å². The highest BCUT2D eigenvalue weighted by Crippen LogP contribution is 2.19. The van der Waals surface area contributed by atoms with Gasteiger partial charge in [-0.2, -0.15) is 0 Å². The average molecular weight is 315 g/mol. The number of primary amides is 1. The molecule has 23 heavy (non-hydrogen) atoms. The first-order valence-corrected chi connectivity index (χ1v) is 7.56. The molecular formula is C17H21N3O3. The van der Waals surface area contributed by atoms with E-state index in [1.54, 1.807) is 12.1 Å². The molecule has 0 bridgehead atoms. The van der Waals surface area contributed by atoms with Crippen molar-refractivity contribution in [3.05, 3.63) is 42.0 Å². The van der Waals surface area contributed by atoms with Crippen molar-refractivity contribution < 1.29 is 14.4 Å². The van der Waals surface area contributed by atoms with Gasteiger partial charge in [-0.25, -0.2) is 0 Å². The Bertz CT molecular complexity index is 622. The summed E-state index contributed by atoms with van der Waals surface area (Å²) < 4.78 is 0. The minimum Gasteiger partial charge on any atom is -0.369 e. The van der Waals surface area contributed by atoms with Gasteiger partial charge in [0.15, 0.2) is 0 Å². The van der Waals surface area contributed by atoms with Crippen LogP contribution >= 0.6 is 0 Å². The minimum atomic E-state index is -0.441. The average Bonchev–Trinajstić information content (AvgIpc) is 2.49. The van der Waals surface area contributed by atoms with Gasteiger partial charge in [-0.15, -0.1) is 0 Å². The number of amides is 3. The van der Waals surface area contributed by atoms with Gasteiger partial charge in [0.1, 0.15) is 6.42 Å². The van der Waals surface area contributed by atoms with E-state index in [2.05, 4.69) is 10.6 Å². The van der Waals surface area contributed by atoms with Crippen molar-refractivity contribution in [2.45, 2.75) is 32.2 Å². The number of anilines is 1. The van der Waals surface area contributed by atoms with Crippen LogP contribution < -0.4 is 16.4 Å². The van der Waals surface area contributed by atoms with Gasteiger partial charge in [0, 0.05) is 11.7 Å². The second-order valence-corrected chi connectivity index (χ2v) is 5.72. The normalized spacial score (nSPS) is 19.9. The molecule has 1 aliphatic carbocycles. The van der Waals surface area contributed by atoms with E-state index in [1.807, 2.05) is 31.2 Å². The van der Waals surface area contributed by atoms with Crippen molar-refractivity contribution >= 4 is 23.4 Å². The first-order chi connectivity index (χ1) is 11.0. The van der Waals surface area contributed by atoms with Crippen LogP contribution in [-0.4, -0.2) is 23.8 Å². The van der Waals surface area contributed by atoms with Crippen molar-refractivity contribution in [2.75, 3.05) is 5.32 Å². The van der Waals surface area contributed by atoms with E-state index in [0.29, 0.717) is 18.5 Å². The first-order valence-electron chi connectivity index (χ1n) is 7.56. The van der Waals surface area contributed by atoms with Gasteiger partial charge < -0.3 is 16.4 Å². The molecule has 0 saturated carbocycles. The molecule has 0 aromatic heterocycles. The quantitative estimate of drug-likeness (QED) is 0.563. The molecule has 6 nitrogen and oxygen atoms in total. The monoisotopic (exact) mass is 315 g/mol. The molecule has 1 aromatic rings. The van der Waals surface area contributed by atoms with E-state index in [0.717, 1.165) is 5.56 Å². The highest BCUT2D eigenvalue weighted by atomic mass is 16.2. The van der Waals surface area contributed by atoms with Crippen LogP contribution in [0, 0.1) is 12.8 Å². The molecule has 2 unspecified atom stereocenters. The lowest BCUT2D eigenvalue weighted by molar-refractivity contribution is -0.128. The Labute approximate surface area is 135 Å². The van der Waals surface area contributed by atoms with E-state index in [-0.39, 0.29) is 12.5 Å². The zero-order valence-corrected chi connectivity index (χ0v) is 13.0. The molecule has 6 heteroatoms. The third kappa shape index (κ3) is 4.95. The zero-order valence-electron chi connectivity index (χ0n) is 13.0. The summed E-state index contributed by atoms with van der Waals surface area (Å²) in [7, 11) is 0. The van der Waals surface area contributed by atoms with Crippen LogP contribution in [0.2, 0.25) is 0 Å². The van der Waals surface area contributed by atoms with Crippen molar-refractivity contribution in [3.8, 4) is 0 Å². The van der Waals surface area contributed by atoms with Gasteiger partial charge in [0.05, 0.1) is 5.92 Å². The maximum atomic E-state index is 12.0. The van der Waals surface area contributed by atoms with E-state index in [4.69, 9.17) is 5.73 Å². The fourth-order valence-corrected chi connectivity index (χ4v) is 2.53. The van der Waals surface area contributed by atoms with Gasteiger partial charge in [-0.1, -0.05) is 29.8 Å². The molecule has 122 valence electrons. The van der Waals surface area contributed by atoms with E-state index < -0.39 is 23.6 Å². The number of carbonyl (C=O) groups is 3. The summed E-state index contributed by atoms with van der Waals surface area (Å²) in [4.78, 5) is 35.3. The minimum absolute atomic E-state index is 0.292. The fourth-order valence-electron chi connectivity index (χ4n) is 2.53. The molecule has 2 rings (SSSR count). The summed E-state index contributed by atoms with van der Waals surface area (Å²) in [5, 5.41) is 5.39. The topological polar surface area (TPSA) is 101 Å². The molecule has 0 aliphatic heterocycles. The van der Waals surface area contributed by atoms with E-state index in [9.17, 15) is 14.4 Å². The molecule has 1 aromatic carbocycles. The van der Waals surface area contributed by atoms with Gasteiger partial charge >= 0.3 is 0 Å². The Morgan fingerprint density at radius 1 is 1.09 bits per heavy atom. The predicted octanol–water partition coefficient (Wildman–Crippen LogP) is 1.26. The number of rotatable bonds is 5. The van der Waals surface area contributed by atoms with Gasteiger partial charge in [0.25, 0.3) is 0 Å². The third-order valence-corrected chi connectivity index (χ3v) is 3.80. The largest absolute Gasteiger partial charge is 0.369 e. The summed E-state index contributed by atoms with van der Waals surface area (Å²) in [6.45, 7) is 1.95. The van der Waals surface area contributed by atoms with Crippen molar-refractivity contribution in [2.24, 2.45) is 11.7 Å². The lowest BCUT2D eigenvalue weighted by Crippen LogP contribution is -2.46. The van der Waals surface area contributed by atoms with Crippen molar-refractivity contribution in [1.29, 1.82) is 0 Å². The molecular weight excluding hydrogens is 294 g/mol. The maximum absolute atomic E-state index is 12.0. The Kier molecular flexibility index (Phi) is 5.51. The van der Waals surface area contributed by atoms with Crippen LogP contribution in [-0.2, 0) is 14.4 Å². The smallest absolute Gasteiger partial charge is 0.233 e. The number of nitrogens with one attached hydrogen (secondary N) is 2. The van der Waals surface area contributed by atoms with Gasteiger partial charge in [-0.3, -0.25) is 14.4 Å². The Morgan fingerprint density at radius 3 is 2.39 bits per heavy atom. The highest BCUT2D eigenvalue weighted by Gasteiger charge is 2.28. The number of nitrogens with two attached hydrogens (primary N) is 1. The summed E-state index contributed by atoms with van der Waals surface area (Å²) in [6, 6.07) is 6.96. The van der Waals surface area contributed by atoms with Gasteiger partial charge in [0.2, 0.25) is 17.7 Å². The molecule has 0 fully saturated rings. The Hall–Kier alpha value is -2.63. The molecule has 0 spiro atoms. The Morgan fingerprint density at radius 2 is 1.74 bits per heavy atom. The molecule has 4 N–H and O–H groups in total. The van der Waals surface area contributed by atoms with Crippen LogP contribution in [0.1, 0.15) is 24.8 Å². The van der Waals surface area contributed by atoms with Crippen LogP contribution in [0.15, 0.2) is 36.4 Å². The van der Waals surface area contributed by atoms with Crippen LogP contribution in [0.4, 0.5) is 5.69 Å². The van der Waals surface area contributed by atoms with Crippen LogP contribution in [0.5, 0.6) is 0 Å². The number of carbonyl (C=O) groups excluding carboxylic acids is 3. The molecule has 0 saturated heterocycles. The summed E-state index contributed by atoms with van der Waals surface area (Å²) in [6.07, 6.45) is 4.54. The lowest BCUT2D eigenvalue weighted by atomic mass is 9.88. The third-order valence-electron chi connectivity index (χ3n) is 3.80. The molecule has 2 atom stereocenters. The fraction of sp³-hybridized carbons (Fsp3) is 0.353. The maximum Gasteiger partial charge on any atom is 0.233 e. The second kappa shape index (κ2) is 7.58. The molecule has 0 heterocycles. The number of hydrogen-bond acceptors (Lipinski definition) is 3. The Balaban J connectivity index is 1.86. The van der Waals surface area contributed by atoms with E-state index >= 15 is 0 Å². The van der Waals surface area contributed by atoms with Crippen molar-refractivity contribution in [1.82, 2.24) is 5.32 Å². The molecule has 0 radical (unpaired) electrons.